The summed E-state index contributed by atoms with van der Waals surface area (Å²) < 4.78 is 2.61. The molecule has 0 aliphatic carbocycles. The zero-order valence-electron chi connectivity index (χ0n) is 12.6. The largest absolute Gasteiger partial charge is 0.316 e. The van der Waals surface area contributed by atoms with E-state index in [0.717, 1.165) is 42.5 Å². The summed E-state index contributed by atoms with van der Waals surface area (Å²) >= 11 is 3.40. The number of hydrogen-bond donors (Lipinski definition) is 1. The van der Waals surface area contributed by atoms with Crippen molar-refractivity contribution in [2.45, 2.75) is 33.2 Å². The fraction of sp³-hybridized carbons (Fsp3) is 0.500. The van der Waals surface area contributed by atoms with E-state index in [0.29, 0.717) is 11.3 Å². The van der Waals surface area contributed by atoms with Crippen molar-refractivity contribution in [3.8, 4) is 0 Å². The quantitative estimate of drug-likeness (QED) is 0.779. The Labute approximate surface area is 133 Å². The van der Waals surface area contributed by atoms with Crippen LogP contribution in [0.2, 0.25) is 0 Å². The van der Waals surface area contributed by atoms with Gasteiger partial charge >= 0.3 is 0 Å². The van der Waals surface area contributed by atoms with Crippen molar-refractivity contribution in [3.05, 3.63) is 39.4 Å². The maximum absolute atomic E-state index is 12.4. The Bertz CT molecular complexity index is 652. The average molecular weight is 352 g/mol. The summed E-state index contributed by atoms with van der Waals surface area (Å²) in [6, 6.07) is 5.60. The summed E-state index contributed by atoms with van der Waals surface area (Å²) in [5, 5.41) is 4.08. The first-order valence-electron chi connectivity index (χ1n) is 7.43. The van der Waals surface area contributed by atoms with Gasteiger partial charge in [0.05, 0.1) is 17.2 Å². The monoisotopic (exact) mass is 351 g/mol. The number of halogens is 1. The summed E-state index contributed by atoms with van der Waals surface area (Å²) in [6.45, 7) is 7.17. The third kappa shape index (κ3) is 4.64. The third-order valence-electron chi connectivity index (χ3n) is 3.34. The normalized spacial score (nSPS) is 11.4. The fourth-order valence-electron chi connectivity index (χ4n) is 2.21. The van der Waals surface area contributed by atoms with Gasteiger partial charge in [-0.25, -0.2) is 4.98 Å². The molecule has 0 aliphatic rings. The third-order valence-corrected chi connectivity index (χ3v) is 3.83. The van der Waals surface area contributed by atoms with E-state index in [-0.39, 0.29) is 5.56 Å². The van der Waals surface area contributed by atoms with Gasteiger partial charge < -0.3 is 5.32 Å². The molecule has 1 heterocycles. The van der Waals surface area contributed by atoms with Crippen molar-refractivity contribution >= 4 is 26.8 Å². The van der Waals surface area contributed by atoms with Gasteiger partial charge in [-0.3, -0.25) is 9.36 Å². The first kappa shape index (κ1) is 16.2. The molecule has 4 nitrogen and oxygen atoms in total. The number of fused-ring (bicyclic) bond motifs is 1. The molecule has 114 valence electrons. The maximum Gasteiger partial charge on any atom is 0.261 e. The molecule has 0 bridgehead atoms. The first-order valence-corrected chi connectivity index (χ1v) is 8.22. The molecule has 0 fully saturated rings. The summed E-state index contributed by atoms with van der Waals surface area (Å²) in [5.74, 6) is 0.677. The summed E-state index contributed by atoms with van der Waals surface area (Å²) in [6.07, 6.45) is 3.70. The van der Waals surface area contributed by atoms with Gasteiger partial charge in [-0.2, -0.15) is 0 Å². The predicted octanol–water partition coefficient (Wildman–Crippen LogP) is 3.18. The lowest BCUT2D eigenvalue weighted by Crippen LogP contribution is -2.23. The summed E-state index contributed by atoms with van der Waals surface area (Å²) in [7, 11) is 0. The minimum Gasteiger partial charge on any atom is -0.316 e. The Morgan fingerprint density at radius 2 is 2.14 bits per heavy atom. The van der Waals surface area contributed by atoms with Crippen molar-refractivity contribution in [3.63, 3.8) is 0 Å². The zero-order valence-corrected chi connectivity index (χ0v) is 14.2. The van der Waals surface area contributed by atoms with Crippen LogP contribution in [0.5, 0.6) is 0 Å². The predicted molar refractivity (Wildman–Crippen MR) is 90.6 cm³/mol. The Balaban J connectivity index is 1.93. The van der Waals surface area contributed by atoms with Gasteiger partial charge in [0.1, 0.15) is 0 Å². The van der Waals surface area contributed by atoms with Crippen molar-refractivity contribution < 1.29 is 0 Å². The molecule has 0 saturated heterocycles. The van der Waals surface area contributed by atoms with Crippen LogP contribution in [0.3, 0.4) is 0 Å². The number of hydrogen-bond acceptors (Lipinski definition) is 3. The van der Waals surface area contributed by atoms with Crippen molar-refractivity contribution in [1.82, 2.24) is 14.9 Å². The number of rotatable bonds is 7. The summed E-state index contributed by atoms with van der Waals surface area (Å²) in [5.41, 5.74) is 0.787. The molecule has 1 aromatic carbocycles. The Morgan fingerprint density at radius 1 is 1.33 bits per heavy atom. The van der Waals surface area contributed by atoms with Crippen LogP contribution in [0.25, 0.3) is 10.9 Å². The van der Waals surface area contributed by atoms with E-state index in [9.17, 15) is 4.79 Å². The van der Waals surface area contributed by atoms with Crippen LogP contribution < -0.4 is 10.9 Å². The molecule has 0 unspecified atom stereocenters. The van der Waals surface area contributed by atoms with Crippen LogP contribution in [-0.2, 0) is 6.54 Å². The number of aromatic nitrogens is 2. The van der Waals surface area contributed by atoms with Gasteiger partial charge in [0.25, 0.3) is 5.56 Å². The molecule has 0 spiro atoms. The zero-order chi connectivity index (χ0) is 15.2. The van der Waals surface area contributed by atoms with Gasteiger partial charge in [0.15, 0.2) is 0 Å². The Morgan fingerprint density at radius 3 is 2.90 bits per heavy atom. The van der Waals surface area contributed by atoms with Crippen molar-refractivity contribution in [2.75, 3.05) is 13.1 Å². The lowest BCUT2D eigenvalue weighted by Gasteiger charge is -2.08. The number of benzene rings is 1. The Kier molecular flexibility index (Phi) is 5.94. The second-order valence-corrected chi connectivity index (χ2v) is 6.63. The maximum atomic E-state index is 12.4. The number of nitrogens with zero attached hydrogens (tertiary/aromatic N) is 2. The molecule has 1 aromatic heterocycles. The van der Waals surface area contributed by atoms with E-state index in [1.807, 2.05) is 18.2 Å². The van der Waals surface area contributed by atoms with E-state index in [1.54, 1.807) is 10.9 Å². The minimum atomic E-state index is 0.0384. The second-order valence-electron chi connectivity index (χ2n) is 5.71. The molecule has 0 radical (unpaired) electrons. The highest BCUT2D eigenvalue weighted by Gasteiger charge is 2.04. The number of aryl methyl sites for hydroxylation is 1. The molecule has 2 aromatic rings. The number of nitrogens with one attached hydrogen (secondary N) is 1. The van der Waals surface area contributed by atoms with Gasteiger partial charge in [0, 0.05) is 11.0 Å². The van der Waals surface area contributed by atoms with Crippen LogP contribution in [0.15, 0.2) is 33.8 Å². The average Bonchev–Trinajstić information content (AvgIpc) is 2.45. The van der Waals surface area contributed by atoms with E-state index in [1.165, 1.54) is 0 Å². The van der Waals surface area contributed by atoms with E-state index >= 15 is 0 Å². The Hall–Kier alpha value is -1.20. The van der Waals surface area contributed by atoms with Crippen molar-refractivity contribution in [2.24, 2.45) is 5.92 Å². The highest BCUT2D eigenvalue weighted by atomic mass is 79.9. The number of unbranched alkanes of at least 4 members (excludes halogenated alkanes) is 1. The summed E-state index contributed by atoms with van der Waals surface area (Å²) in [4.78, 5) is 16.7. The topological polar surface area (TPSA) is 46.9 Å². The molecule has 5 heteroatoms. The molecular formula is C16H22BrN3O. The molecule has 0 aliphatic heterocycles. The standard InChI is InChI=1S/C16H22BrN3O/c1-12(2)10-18-7-3-4-8-20-11-19-15-6-5-13(17)9-14(15)16(20)21/h5-6,9,11-12,18H,3-4,7-8,10H2,1-2H3. The molecule has 21 heavy (non-hydrogen) atoms. The van der Waals surface area contributed by atoms with Gasteiger partial charge in [-0.05, 0) is 50.0 Å². The fourth-order valence-corrected chi connectivity index (χ4v) is 2.57. The molecule has 0 amide bonds. The first-order chi connectivity index (χ1) is 10.1. The highest BCUT2D eigenvalue weighted by molar-refractivity contribution is 9.10. The smallest absolute Gasteiger partial charge is 0.261 e. The molecule has 0 saturated carbocycles. The molecular weight excluding hydrogens is 330 g/mol. The SMILES string of the molecule is CC(C)CNCCCCn1cnc2ccc(Br)cc2c1=O. The van der Waals surface area contributed by atoms with E-state index in [2.05, 4.69) is 40.1 Å². The minimum absolute atomic E-state index is 0.0384. The van der Waals surface area contributed by atoms with Gasteiger partial charge in [-0.15, -0.1) is 0 Å². The van der Waals surface area contributed by atoms with Crippen LogP contribution in [0.4, 0.5) is 0 Å². The van der Waals surface area contributed by atoms with Crippen LogP contribution in [-0.4, -0.2) is 22.6 Å². The van der Waals surface area contributed by atoms with Crippen LogP contribution in [0, 0.1) is 5.92 Å². The van der Waals surface area contributed by atoms with Crippen LogP contribution >= 0.6 is 15.9 Å². The molecule has 2 rings (SSSR count). The lowest BCUT2D eigenvalue weighted by atomic mass is 10.2. The second kappa shape index (κ2) is 7.71. The lowest BCUT2D eigenvalue weighted by molar-refractivity contribution is 0.515. The van der Waals surface area contributed by atoms with Gasteiger partial charge in [-0.1, -0.05) is 29.8 Å². The molecule has 1 N–H and O–H groups in total. The van der Waals surface area contributed by atoms with E-state index < -0.39 is 0 Å². The van der Waals surface area contributed by atoms with Crippen molar-refractivity contribution in [1.29, 1.82) is 0 Å². The highest BCUT2D eigenvalue weighted by Crippen LogP contribution is 2.14. The molecule has 0 atom stereocenters. The van der Waals surface area contributed by atoms with Crippen LogP contribution in [0.1, 0.15) is 26.7 Å². The van der Waals surface area contributed by atoms with E-state index in [4.69, 9.17) is 0 Å². The van der Waals surface area contributed by atoms with Gasteiger partial charge in [0.2, 0.25) is 0 Å².